The van der Waals surface area contributed by atoms with Crippen molar-refractivity contribution in [3.05, 3.63) is 70.8 Å². The predicted octanol–water partition coefficient (Wildman–Crippen LogP) is 3.44. The normalized spacial score (nSPS) is 20.6. The maximum Gasteiger partial charge on any atom is 0.416 e. The molecule has 1 saturated heterocycles. The van der Waals surface area contributed by atoms with Gasteiger partial charge in [-0.1, -0.05) is 30.3 Å². The highest BCUT2D eigenvalue weighted by Crippen LogP contribution is 2.36. The van der Waals surface area contributed by atoms with Gasteiger partial charge < -0.3 is 16.4 Å². The molecule has 37 heavy (non-hydrogen) atoms. The second-order valence-electron chi connectivity index (χ2n) is 9.93. The van der Waals surface area contributed by atoms with Crippen molar-refractivity contribution in [2.45, 2.75) is 56.3 Å². The molecule has 2 amide bonds. The third kappa shape index (κ3) is 7.09. The summed E-state index contributed by atoms with van der Waals surface area (Å²) in [5.74, 6) is -0.388. The summed E-state index contributed by atoms with van der Waals surface area (Å²) in [5, 5.41) is 12.7. The fourth-order valence-corrected chi connectivity index (χ4v) is 5.18. The molecular weight excluding hydrogens is 483 g/mol. The Morgan fingerprint density at radius 2 is 1.70 bits per heavy atom. The number of rotatable bonds is 8. The summed E-state index contributed by atoms with van der Waals surface area (Å²) < 4.78 is 38.5. The minimum atomic E-state index is -4.54. The smallest absolute Gasteiger partial charge is 0.387 e. The molecule has 10 heteroatoms. The van der Waals surface area contributed by atoms with Crippen molar-refractivity contribution in [2.24, 2.45) is 5.73 Å². The van der Waals surface area contributed by atoms with E-state index < -0.39 is 17.6 Å². The lowest BCUT2D eigenvalue weighted by atomic mass is 9.80. The lowest BCUT2D eigenvalue weighted by Crippen LogP contribution is -2.63. The van der Waals surface area contributed by atoms with Gasteiger partial charge in [0, 0.05) is 31.1 Å². The van der Waals surface area contributed by atoms with Gasteiger partial charge in [0.25, 0.3) is 5.91 Å². The van der Waals surface area contributed by atoms with Gasteiger partial charge >= 0.3 is 6.18 Å². The van der Waals surface area contributed by atoms with E-state index in [4.69, 9.17) is 11.1 Å². The number of hydrogen-bond acceptors (Lipinski definition) is 4. The zero-order valence-electron chi connectivity index (χ0n) is 20.5. The topological polar surface area (TPSA) is 111 Å². The number of nitrogens with one attached hydrogen (secondary N) is 3. The number of nitrogens with zero attached hydrogens (tertiary/aromatic N) is 1. The maximum absolute atomic E-state index is 12.8. The molecule has 0 unspecified atom stereocenters. The monoisotopic (exact) mass is 515 g/mol. The summed E-state index contributed by atoms with van der Waals surface area (Å²) in [6.07, 6.45) is 0.326. The van der Waals surface area contributed by atoms with Gasteiger partial charge in [-0.2, -0.15) is 13.2 Å². The number of halogens is 3. The van der Waals surface area contributed by atoms with E-state index in [2.05, 4.69) is 27.7 Å². The molecule has 0 atom stereocenters. The highest BCUT2D eigenvalue weighted by Gasteiger charge is 2.35. The third-order valence-electron chi connectivity index (χ3n) is 7.20. The van der Waals surface area contributed by atoms with Gasteiger partial charge in [-0.25, -0.2) is 0 Å². The first-order valence-electron chi connectivity index (χ1n) is 12.5. The summed E-state index contributed by atoms with van der Waals surface area (Å²) in [6, 6.07) is 13.0. The molecule has 7 nitrogen and oxygen atoms in total. The molecule has 198 valence electrons. The van der Waals surface area contributed by atoms with Gasteiger partial charge in [-0.3, -0.25) is 19.9 Å². The summed E-state index contributed by atoms with van der Waals surface area (Å²) in [5.41, 5.74) is 6.81. The Hall–Kier alpha value is -3.40. The van der Waals surface area contributed by atoms with Crippen LogP contribution in [0.15, 0.2) is 48.5 Å². The number of benzene rings is 2. The Morgan fingerprint density at radius 3 is 2.32 bits per heavy atom. The van der Waals surface area contributed by atoms with E-state index in [9.17, 15) is 22.8 Å². The Balaban J connectivity index is 1.15. The van der Waals surface area contributed by atoms with Crippen molar-refractivity contribution in [3.63, 3.8) is 0 Å². The summed E-state index contributed by atoms with van der Waals surface area (Å²) in [4.78, 5) is 26.8. The Morgan fingerprint density at radius 1 is 1.03 bits per heavy atom. The van der Waals surface area contributed by atoms with Crippen molar-refractivity contribution < 1.29 is 22.8 Å². The van der Waals surface area contributed by atoms with Crippen LogP contribution in [-0.4, -0.2) is 54.3 Å². The number of carbonyl (C=O) groups is 2. The van der Waals surface area contributed by atoms with Crippen LogP contribution in [0.4, 0.5) is 13.2 Å². The second kappa shape index (κ2) is 11.3. The lowest BCUT2D eigenvalue weighted by molar-refractivity contribution is -0.137. The minimum absolute atomic E-state index is 0.00417. The Bertz CT molecular complexity index is 1120. The lowest BCUT2D eigenvalue weighted by Gasteiger charge is -2.46. The Kier molecular flexibility index (Phi) is 8.16. The molecule has 2 aromatic carbocycles. The molecular formula is C27H32F3N5O2. The average Bonchev–Trinajstić information content (AvgIpc) is 2.84. The minimum Gasteiger partial charge on any atom is -0.387 e. The van der Waals surface area contributed by atoms with Crippen LogP contribution in [-0.2, 0) is 17.4 Å². The first-order valence-corrected chi connectivity index (χ1v) is 12.5. The fraction of sp³-hybridized carbons (Fsp3) is 0.444. The van der Waals surface area contributed by atoms with Gasteiger partial charge in [-0.15, -0.1) is 0 Å². The molecule has 1 aliphatic carbocycles. The molecule has 1 aliphatic heterocycles. The summed E-state index contributed by atoms with van der Waals surface area (Å²) in [7, 11) is 0. The van der Waals surface area contributed by atoms with Gasteiger partial charge in [-0.05, 0) is 60.9 Å². The fourth-order valence-electron chi connectivity index (χ4n) is 5.18. The number of nitrogens with two attached hydrogens (primary N) is 1. The molecule has 2 aliphatic rings. The summed E-state index contributed by atoms with van der Waals surface area (Å²) in [6.45, 7) is 1.21. The number of alkyl halides is 3. The van der Waals surface area contributed by atoms with Crippen LogP contribution in [0, 0.1) is 5.41 Å². The summed E-state index contributed by atoms with van der Waals surface area (Å²) >= 11 is 0. The van der Waals surface area contributed by atoms with Crippen LogP contribution in [0.1, 0.15) is 58.6 Å². The number of hydrogen-bond donors (Lipinski definition) is 4. The molecule has 2 fully saturated rings. The van der Waals surface area contributed by atoms with Crippen molar-refractivity contribution in [1.82, 2.24) is 15.5 Å². The number of amides is 2. The first-order chi connectivity index (χ1) is 17.6. The van der Waals surface area contributed by atoms with Gasteiger partial charge in [0.05, 0.1) is 24.0 Å². The highest BCUT2D eigenvalue weighted by molar-refractivity contribution is 5.96. The molecule has 4 rings (SSSR count). The van der Waals surface area contributed by atoms with Crippen LogP contribution < -0.4 is 16.4 Å². The largest absolute Gasteiger partial charge is 0.416 e. The Labute approximate surface area is 214 Å². The zero-order valence-corrected chi connectivity index (χ0v) is 20.5. The molecule has 2 aromatic rings. The van der Waals surface area contributed by atoms with E-state index in [1.165, 1.54) is 17.7 Å². The average molecular weight is 516 g/mol. The van der Waals surface area contributed by atoms with Crippen molar-refractivity contribution in [1.29, 1.82) is 5.41 Å². The van der Waals surface area contributed by atoms with Crippen LogP contribution in [0.25, 0.3) is 0 Å². The number of carbonyl (C=O) groups excluding carboxylic acids is 2. The van der Waals surface area contributed by atoms with Crippen molar-refractivity contribution in [3.8, 4) is 0 Å². The van der Waals surface area contributed by atoms with E-state index >= 15 is 0 Å². The predicted molar refractivity (Wildman–Crippen MR) is 134 cm³/mol. The molecule has 0 aromatic heterocycles. The van der Waals surface area contributed by atoms with Crippen LogP contribution in [0.5, 0.6) is 0 Å². The SMILES string of the molecule is N=C(N)Cc1ccc([C@H]2CC[C@@H](N3CC(NC(=O)CNC(=O)c4cccc(C(F)(F)F)c4)C3)CC2)cc1. The van der Waals surface area contributed by atoms with Gasteiger partial charge in [0.15, 0.2) is 0 Å². The molecule has 5 N–H and O–H groups in total. The van der Waals surface area contributed by atoms with E-state index in [-0.39, 0.29) is 29.9 Å². The quantitative estimate of drug-likeness (QED) is 0.319. The van der Waals surface area contributed by atoms with Crippen LogP contribution in [0.2, 0.25) is 0 Å². The molecule has 1 heterocycles. The van der Waals surface area contributed by atoms with Crippen molar-refractivity contribution in [2.75, 3.05) is 19.6 Å². The van der Waals surface area contributed by atoms with Gasteiger partial charge in [0.2, 0.25) is 5.91 Å². The second-order valence-corrected chi connectivity index (χ2v) is 9.93. The number of amidine groups is 1. The van der Waals surface area contributed by atoms with E-state index in [0.717, 1.165) is 56.5 Å². The highest BCUT2D eigenvalue weighted by atomic mass is 19.4. The molecule has 0 radical (unpaired) electrons. The standard InChI is InChI=1S/C27H32F3N5O2/c28-27(29,30)21-3-1-2-20(13-21)26(37)33-14-25(36)34-22-15-35(16-22)23-10-8-19(9-11-23)18-6-4-17(5-7-18)12-24(31)32/h1-7,13,19,22-23H,8-12,14-16H2,(H3,31,32)(H,33,37)(H,34,36)/t19-,23+. The first kappa shape index (κ1) is 26.7. The van der Waals surface area contributed by atoms with E-state index in [0.29, 0.717) is 18.4 Å². The molecule has 0 bridgehead atoms. The number of likely N-dealkylation sites (tertiary alicyclic amines) is 1. The van der Waals surface area contributed by atoms with Crippen LogP contribution >= 0.6 is 0 Å². The maximum atomic E-state index is 12.8. The van der Waals surface area contributed by atoms with E-state index in [1.54, 1.807) is 0 Å². The zero-order chi connectivity index (χ0) is 26.6. The van der Waals surface area contributed by atoms with Crippen molar-refractivity contribution >= 4 is 17.6 Å². The van der Waals surface area contributed by atoms with Crippen LogP contribution in [0.3, 0.4) is 0 Å². The molecule has 0 spiro atoms. The molecule has 1 saturated carbocycles. The van der Waals surface area contributed by atoms with Gasteiger partial charge in [0.1, 0.15) is 0 Å². The third-order valence-corrected chi connectivity index (χ3v) is 7.20. The van der Waals surface area contributed by atoms with E-state index in [1.807, 2.05) is 12.1 Å².